The van der Waals surface area contributed by atoms with Crippen LogP contribution in [0.5, 0.6) is 0 Å². The van der Waals surface area contributed by atoms with Crippen LogP contribution in [0.4, 0.5) is 5.69 Å². The highest BCUT2D eigenvalue weighted by atomic mass is 32.1. The lowest BCUT2D eigenvalue weighted by atomic mass is 10.2. The first-order valence-corrected chi connectivity index (χ1v) is 5.60. The molecule has 0 saturated heterocycles. The van der Waals surface area contributed by atoms with E-state index >= 15 is 0 Å². The van der Waals surface area contributed by atoms with Crippen molar-refractivity contribution in [3.8, 4) is 0 Å². The zero-order valence-electron chi connectivity index (χ0n) is 7.47. The van der Waals surface area contributed by atoms with Crippen molar-refractivity contribution in [1.29, 1.82) is 0 Å². The Bertz CT molecular complexity index is 248. The minimum atomic E-state index is 0.748. The third-order valence-corrected chi connectivity index (χ3v) is 3.43. The number of thiophene rings is 1. The molecule has 1 aromatic rings. The molecule has 0 unspecified atom stereocenters. The van der Waals surface area contributed by atoms with E-state index in [1.54, 1.807) is 11.3 Å². The Morgan fingerprint density at radius 1 is 1.33 bits per heavy atom. The summed E-state index contributed by atoms with van der Waals surface area (Å²) in [6.07, 6.45) is 5.52. The van der Waals surface area contributed by atoms with Crippen molar-refractivity contribution in [2.75, 3.05) is 5.32 Å². The van der Waals surface area contributed by atoms with Crippen molar-refractivity contribution in [2.45, 2.75) is 38.6 Å². The number of nitrogens with one attached hydrogen (secondary N) is 1. The highest BCUT2D eigenvalue weighted by Gasteiger charge is 2.14. The van der Waals surface area contributed by atoms with Gasteiger partial charge in [-0.15, -0.1) is 11.3 Å². The van der Waals surface area contributed by atoms with Gasteiger partial charge in [0, 0.05) is 17.1 Å². The second kappa shape index (κ2) is 3.48. The van der Waals surface area contributed by atoms with Crippen LogP contribution in [0.25, 0.3) is 0 Å². The van der Waals surface area contributed by atoms with Crippen LogP contribution in [0.1, 0.15) is 31.2 Å². The molecule has 1 fully saturated rings. The summed E-state index contributed by atoms with van der Waals surface area (Å²) in [5, 5.41) is 8.02. The van der Waals surface area contributed by atoms with Gasteiger partial charge in [-0.05, 0) is 30.7 Å². The molecule has 1 heterocycles. The Hall–Kier alpha value is -0.500. The molecule has 0 spiro atoms. The van der Waals surface area contributed by atoms with E-state index in [1.165, 1.54) is 36.9 Å². The molecular weight excluding hydrogens is 166 g/mol. The Morgan fingerprint density at radius 3 is 2.67 bits per heavy atom. The molecule has 12 heavy (non-hydrogen) atoms. The van der Waals surface area contributed by atoms with E-state index in [2.05, 4.69) is 23.0 Å². The standard InChI is InChI=1S/C10H15NS/c1-8-6-12-7-10(8)11-9-4-2-3-5-9/h6-7,9,11H,2-5H2,1H3. The molecule has 0 radical (unpaired) electrons. The van der Waals surface area contributed by atoms with Crippen molar-refractivity contribution >= 4 is 17.0 Å². The van der Waals surface area contributed by atoms with Crippen LogP contribution in [0.2, 0.25) is 0 Å². The maximum Gasteiger partial charge on any atom is 0.0480 e. The first-order chi connectivity index (χ1) is 5.86. The fraction of sp³-hybridized carbons (Fsp3) is 0.600. The zero-order valence-corrected chi connectivity index (χ0v) is 8.29. The largest absolute Gasteiger partial charge is 0.381 e. The van der Waals surface area contributed by atoms with Crippen LogP contribution in [0, 0.1) is 6.92 Å². The van der Waals surface area contributed by atoms with Gasteiger partial charge < -0.3 is 5.32 Å². The summed E-state index contributed by atoms with van der Waals surface area (Å²) in [5.74, 6) is 0. The fourth-order valence-corrected chi connectivity index (χ4v) is 2.59. The summed E-state index contributed by atoms with van der Waals surface area (Å²) in [7, 11) is 0. The molecule has 0 bridgehead atoms. The normalized spacial score (nSPS) is 18.4. The summed E-state index contributed by atoms with van der Waals surface area (Å²) in [4.78, 5) is 0. The highest BCUT2D eigenvalue weighted by molar-refractivity contribution is 7.08. The highest BCUT2D eigenvalue weighted by Crippen LogP contribution is 2.26. The van der Waals surface area contributed by atoms with Gasteiger partial charge in [-0.1, -0.05) is 12.8 Å². The molecule has 66 valence electrons. The molecule has 1 N–H and O–H groups in total. The van der Waals surface area contributed by atoms with Gasteiger partial charge in [-0.3, -0.25) is 0 Å². The van der Waals surface area contributed by atoms with Crippen molar-refractivity contribution in [2.24, 2.45) is 0 Å². The zero-order chi connectivity index (χ0) is 8.39. The number of aryl methyl sites for hydroxylation is 1. The summed E-state index contributed by atoms with van der Waals surface area (Å²) in [6, 6.07) is 0.748. The number of anilines is 1. The van der Waals surface area contributed by atoms with Gasteiger partial charge in [0.1, 0.15) is 0 Å². The second-order valence-corrected chi connectivity index (χ2v) is 4.34. The average molecular weight is 181 g/mol. The monoisotopic (exact) mass is 181 g/mol. The molecule has 0 aliphatic heterocycles. The van der Waals surface area contributed by atoms with Crippen LogP contribution in [-0.4, -0.2) is 6.04 Å². The lowest BCUT2D eigenvalue weighted by Crippen LogP contribution is -2.14. The Morgan fingerprint density at radius 2 is 2.08 bits per heavy atom. The Labute approximate surface area is 77.8 Å². The first-order valence-electron chi connectivity index (χ1n) is 4.65. The predicted octanol–water partition coefficient (Wildman–Crippen LogP) is 3.41. The summed E-state index contributed by atoms with van der Waals surface area (Å²) >= 11 is 1.79. The molecule has 0 amide bonds. The van der Waals surface area contributed by atoms with Gasteiger partial charge >= 0.3 is 0 Å². The molecule has 1 aromatic heterocycles. The molecule has 2 rings (SSSR count). The quantitative estimate of drug-likeness (QED) is 0.737. The summed E-state index contributed by atoms with van der Waals surface area (Å²) in [5.41, 5.74) is 2.75. The molecule has 0 aromatic carbocycles. The van der Waals surface area contributed by atoms with E-state index in [0.29, 0.717) is 0 Å². The van der Waals surface area contributed by atoms with Crippen LogP contribution in [0.15, 0.2) is 10.8 Å². The molecule has 0 atom stereocenters. The maximum absolute atomic E-state index is 3.60. The lowest BCUT2D eigenvalue weighted by Gasteiger charge is -2.12. The van der Waals surface area contributed by atoms with Gasteiger partial charge in [0.25, 0.3) is 0 Å². The molecular formula is C10H15NS. The van der Waals surface area contributed by atoms with E-state index in [0.717, 1.165) is 6.04 Å². The van der Waals surface area contributed by atoms with Crippen molar-refractivity contribution in [1.82, 2.24) is 0 Å². The minimum Gasteiger partial charge on any atom is -0.381 e. The van der Waals surface area contributed by atoms with Crippen molar-refractivity contribution in [3.05, 3.63) is 16.3 Å². The number of rotatable bonds is 2. The Balaban J connectivity index is 1.98. The first kappa shape index (κ1) is 8.11. The molecule has 2 heteroatoms. The van der Waals surface area contributed by atoms with Gasteiger partial charge in [-0.2, -0.15) is 0 Å². The van der Waals surface area contributed by atoms with Crippen LogP contribution >= 0.6 is 11.3 Å². The van der Waals surface area contributed by atoms with Crippen LogP contribution < -0.4 is 5.32 Å². The molecule has 1 aliphatic carbocycles. The van der Waals surface area contributed by atoms with Crippen molar-refractivity contribution in [3.63, 3.8) is 0 Å². The van der Waals surface area contributed by atoms with Gasteiger partial charge in [0.05, 0.1) is 0 Å². The summed E-state index contributed by atoms with van der Waals surface area (Å²) in [6.45, 7) is 2.17. The van der Waals surface area contributed by atoms with Crippen LogP contribution in [0.3, 0.4) is 0 Å². The fourth-order valence-electron chi connectivity index (χ4n) is 1.80. The van der Waals surface area contributed by atoms with E-state index in [9.17, 15) is 0 Å². The molecule has 1 saturated carbocycles. The molecule has 1 nitrogen and oxygen atoms in total. The predicted molar refractivity (Wildman–Crippen MR) is 54.9 cm³/mol. The van der Waals surface area contributed by atoms with E-state index in [4.69, 9.17) is 0 Å². The molecule has 1 aliphatic rings. The van der Waals surface area contributed by atoms with E-state index < -0.39 is 0 Å². The third-order valence-electron chi connectivity index (χ3n) is 2.57. The topological polar surface area (TPSA) is 12.0 Å². The third kappa shape index (κ3) is 1.63. The summed E-state index contributed by atoms with van der Waals surface area (Å²) < 4.78 is 0. The Kier molecular flexibility index (Phi) is 2.35. The van der Waals surface area contributed by atoms with Gasteiger partial charge in [0.15, 0.2) is 0 Å². The smallest absolute Gasteiger partial charge is 0.0480 e. The van der Waals surface area contributed by atoms with Crippen molar-refractivity contribution < 1.29 is 0 Å². The lowest BCUT2D eigenvalue weighted by molar-refractivity contribution is 0.755. The SMILES string of the molecule is Cc1cscc1NC1CCCC1. The van der Waals surface area contributed by atoms with Gasteiger partial charge in [0.2, 0.25) is 0 Å². The number of hydrogen-bond donors (Lipinski definition) is 1. The van der Waals surface area contributed by atoms with Gasteiger partial charge in [-0.25, -0.2) is 0 Å². The van der Waals surface area contributed by atoms with E-state index in [-0.39, 0.29) is 0 Å². The second-order valence-electron chi connectivity index (χ2n) is 3.59. The minimum absolute atomic E-state index is 0.748. The van der Waals surface area contributed by atoms with E-state index in [1.807, 2.05) is 0 Å². The number of hydrogen-bond acceptors (Lipinski definition) is 2. The van der Waals surface area contributed by atoms with Crippen LogP contribution in [-0.2, 0) is 0 Å². The average Bonchev–Trinajstić information content (AvgIpc) is 2.65. The maximum atomic E-state index is 3.60.